The van der Waals surface area contributed by atoms with Gasteiger partial charge in [0.05, 0.1) is 7.11 Å². The Labute approximate surface area is 123 Å². The van der Waals surface area contributed by atoms with Crippen molar-refractivity contribution in [2.24, 2.45) is 17.3 Å². The van der Waals surface area contributed by atoms with Crippen molar-refractivity contribution in [1.82, 2.24) is 0 Å². The molecule has 1 aromatic carbocycles. The number of aliphatic hydroxyl groups excluding tert-OH is 1. The zero-order valence-corrected chi connectivity index (χ0v) is 12.0. The third-order valence-electron chi connectivity index (χ3n) is 6.94. The Morgan fingerprint density at radius 1 is 1.33 bits per heavy atom. The average Bonchev–Trinajstić information content (AvgIpc) is 2.93. The number of hydrogen-bond donors (Lipinski definition) is 1. The van der Waals surface area contributed by atoms with Crippen molar-refractivity contribution in [2.75, 3.05) is 7.11 Å². The Balaban J connectivity index is 1.71. The quantitative estimate of drug-likeness (QED) is 0.803. The summed E-state index contributed by atoms with van der Waals surface area (Å²) in [4.78, 5) is 0. The monoisotopic (exact) mass is 282 g/mol. The first kappa shape index (κ1) is 11.1. The van der Waals surface area contributed by atoms with E-state index >= 15 is 0 Å². The van der Waals surface area contributed by atoms with Crippen molar-refractivity contribution in [2.45, 2.75) is 36.9 Å². The summed E-state index contributed by atoms with van der Waals surface area (Å²) >= 11 is 0. The first-order valence-electron chi connectivity index (χ1n) is 7.93. The van der Waals surface area contributed by atoms with E-state index < -0.39 is 6.10 Å². The van der Waals surface area contributed by atoms with Crippen LogP contribution in [0, 0.1) is 17.3 Å². The molecule has 2 saturated carbocycles. The molecule has 1 aromatic rings. The zero-order valence-electron chi connectivity index (χ0n) is 12.0. The number of rotatable bonds is 1. The van der Waals surface area contributed by atoms with Crippen molar-refractivity contribution >= 4 is 0 Å². The smallest absolute Gasteiger partial charge is 0.165 e. The standard InChI is InChI=1S/C18H18O3/c1-20-13-5-2-9-6-17-7-11(17)10-3-4-12(19)16-18(10,8-17)14(9)15(13)21-16/h2-5,10-12,16,19H,6-8H2,1H3/t10?,11-,12-,16-,17+,18-/m0/s1. The number of ether oxygens (including phenoxy) is 2. The van der Waals surface area contributed by atoms with Gasteiger partial charge in [-0.1, -0.05) is 18.2 Å². The van der Waals surface area contributed by atoms with Crippen molar-refractivity contribution in [3.8, 4) is 11.5 Å². The summed E-state index contributed by atoms with van der Waals surface area (Å²) in [5.41, 5.74) is 3.29. The molecule has 2 spiro atoms. The second kappa shape index (κ2) is 3.00. The van der Waals surface area contributed by atoms with E-state index in [4.69, 9.17) is 9.47 Å². The summed E-state index contributed by atoms with van der Waals surface area (Å²) in [7, 11) is 1.70. The second-order valence-electron chi connectivity index (χ2n) is 7.64. The Bertz CT molecular complexity index is 723. The number of aliphatic hydroxyl groups is 1. The lowest BCUT2D eigenvalue weighted by Gasteiger charge is -2.44. The van der Waals surface area contributed by atoms with Crippen LogP contribution < -0.4 is 9.47 Å². The van der Waals surface area contributed by atoms with E-state index in [0.717, 1.165) is 17.4 Å². The minimum Gasteiger partial charge on any atom is -0.493 e. The molecule has 0 radical (unpaired) electrons. The molecule has 3 nitrogen and oxygen atoms in total. The van der Waals surface area contributed by atoms with Gasteiger partial charge in [-0.05, 0) is 48.1 Å². The van der Waals surface area contributed by atoms with Gasteiger partial charge in [-0.2, -0.15) is 0 Å². The Morgan fingerprint density at radius 2 is 2.24 bits per heavy atom. The number of benzene rings is 1. The van der Waals surface area contributed by atoms with E-state index in [2.05, 4.69) is 12.1 Å². The molecule has 1 heterocycles. The molecule has 6 atom stereocenters. The van der Waals surface area contributed by atoms with Gasteiger partial charge in [0.2, 0.25) is 0 Å². The Kier molecular flexibility index (Phi) is 1.59. The van der Waals surface area contributed by atoms with Crippen molar-refractivity contribution in [1.29, 1.82) is 0 Å². The second-order valence-corrected chi connectivity index (χ2v) is 7.64. The Hall–Kier alpha value is -1.48. The molecular formula is C18H18O3. The van der Waals surface area contributed by atoms with Gasteiger partial charge in [0.1, 0.15) is 12.2 Å². The normalized spacial score (nSPS) is 49.4. The van der Waals surface area contributed by atoms with Gasteiger partial charge < -0.3 is 14.6 Å². The summed E-state index contributed by atoms with van der Waals surface area (Å²) in [6, 6.07) is 4.27. The highest BCUT2D eigenvalue weighted by Gasteiger charge is 2.77. The van der Waals surface area contributed by atoms with Crippen LogP contribution >= 0.6 is 0 Å². The maximum absolute atomic E-state index is 10.5. The molecule has 108 valence electrons. The summed E-state index contributed by atoms with van der Waals surface area (Å²) in [5, 5.41) is 10.5. The molecular weight excluding hydrogens is 264 g/mol. The van der Waals surface area contributed by atoms with Gasteiger partial charge in [-0.25, -0.2) is 0 Å². The number of allylic oxidation sites excluding steroid dienone is 1. The third kappa shape index (κ3) is 0.961. The maximum atomic E-state index is 10.5. The van der Waals surface area contributed by atoms with Crippen LogP contribution in [0.1, 0.15) is 24.0 Å². The van der Waals surface area contributed by atoms with Crippen molar-refractivity contribution in [3.63, 3.8) is 0 Å². The van der Waals surface area contributed by atoms with E-state index in [0.29, 0.717) is 11.3 Å². The van der Waals surface area contributed by atoms with Gasteiger partial charge in [-0.15, -0.1) is 0 Å². The molecule has 1 aliphatic heterocycles. The number of fused-ring (bicyclic) bond motifs is 1. The minimum atomic E-state index is -0.501. The molecule has 2 fully saturated rings. The molecule has 0 amide bonds. The third-order valence-corrected chi connectivity index (χ3v) is 6.94. The van der Waals surface area contributed by atoms with E-state index in [1.807, 2.05) is 12.1 Å². The van der Waals surface area contributed by atoms with E-state index in [9.17, 15) is 5.11 Å². The molecule has 1 N–H and O–H groups in total. The fourth-order valence-electron chi connectivity index (χ4n) is 6.27. The molecule has 4 aliphatic carbocycles. The highest BCUT2D eigenvalue weighted by molar-refractivity contribution is 5.64. The predicted molar refractivity (Wildman–Crippen MR) is 76.6 cm³/mol. The first-order chi connectivity index (χ1) is 10.2. The van der Waals surface area contributed by atoms with Gasteiger partial charge in [0.25, 0.3) is 0 Å². The van der Waals surface area contributed by atoms with Crippen LogP contribution in [0.15, 0.2) is 24.3 Å². The van der Waals surface area contributed by atoms with Crippen LogP contribution in [-0.4, -0.2) is 24.4 Å². The minimum absolute atomic E-state index is 0.00847. The summed E-state index contributed by atoms with van der Waals surface area (Å²) in [6.07, 6.45) is 7.35. The lowest BCUT2D eigenvalue weighted by Crippen LogP contribution is -2.52. The van der Waals surface area contributed by atoms with Crippen molar-refractivity contribution < 1.29 is 14.6 Å². The summed E-state index contributed by atoms with van der Waals surface area (Å²) < 4.78 is 11.8. The van der Waals surface area contributed by atoms with Gasteiger partial charge in [0.15, 0.2) is 11.5 Å². The molecule has 2 bridgehead atoms. The molecule has 5 aliphatic rings. The number of methoxy groups -OCH3 is 1. The fourth-order valence-corrected chi connectivity index (χ4v) is 6.27. The highest BCUT2D eigenvalue weighted by atomic mass is 16.5. The fraction of sp³-hybridized carbons (Fsp3) is 0.556. The van der Waals surface area contributed by atoms with Crippen LogP contribution in [0.2, 0.25) is 0 Å². The van der Waals surface area contributed by atoms with Crippen molar-refractivity contribution in [3.05, 3.63) is 35.4 Å². The van der Waals surface area contributed by atoms with Crippen LogP contribution in [0.3, 0.4) is 0 Å². The lowest BCUT2D eigenvalue weighted by molar-refractivity contribution is 0.00525. The van der Waals surface area contributed by atoms with E-state index in [-0.39, 0.29) is 11.5 Å². The lowest BCUT2D eigenvalue weighted by atomic mass is 9.59. The summed E-state index contributed by atoms with van der Waals surface area (Å²) in [5.74, 6) is 3.06. The summed E-state index contributed by atoms with van der Waals surface area (Å²) in [6.45, 7) is 0. The van der Waals surface area contributed by atoms with Gasteiger partial charge >= 0.3 is 0 Å². The molecule has 0 saturated heterocycles. The average molecular weight is 282 g/mol. The molecule has 1 unspecified atom stereocenters. The largest absolute Gasteiger partial charge is 0.493 e. The zero-order chi connectivity index (χ0) is 14.0. The Morgan fingerprint density at radius 3 is 3.10 bits per heavy atom. The highest BCUT2D eigenvalue weighted by Crippen LogP contribution is 2.80. The number of hydrogen-bond acceptors (Lipinski definition) is 3. The molecule has 21 heavy (non-hydrogen) atoms. The maximum Gasteiger partial charge on any atom is 0.165 e. The molecule has 6 rings (SSSR count). The van der Waals surface area contributed by atoms with Gasteiger partial charge in [0, 0.05) is 11.0 Å². The predicted octanol–water partition coefficient (Wildman–Crippen LogP) is 2.21. The van der Waals surface area contributed by atoms with E-state index in [1.54, 1.807) is 7.11 Å². The van der Waals surface area contributed by atoms with Crippen LogP contribution in [0.5, 0.6) is 11.5 Å². The molecule has 0 aromatic heterocycles. The van der Waals surface area contributed by atoms with Crippen LogP contribution in [0.25, 0.3) is 0 Å². The van der Waals surface area contributed by atoms with Crippen LogP contribution in [0.4, 0.5) is 0 Å². The van der Waals surface area contributed by atoms with Gasteiger partial charge in [-0.3, -0.25) is 0 Å². The first-order valence-corrected chi connectivity index (χ1v) is 7.93. The topological polar surface area (TPSA) is 38.7 Å². The SMILES string of the molecule is COc1ccc2c3c1O[C@H]1[C@@H](O)C=CC4[C@@H]5C[C@]5(C2)C[C@@]341. The van der Waals surface area contributed by atoms with Crippen LogP contribution in [-0.2, 0) is 11.8 Å². The molecule has 3 heteroatoms. The van der Waals surface area contributed by atoms with E-state index in [1.165, 1.54) is 30.4 Å².